The zero-order chi connectivity index (χ0) is 31.8. The fraction of sp³-hybridized carbons (Fsp3) is 0.516. The highest BCUT2D eigenvalue weighted by atomic mass is 32.2. The number of ether oxygens (including phenoxy) is 2. The largest absolute Gasteiger partial charge is 0.465 e. The summed E-state index contributed by atoms with van der Waals surface area (Å²) in [6, 6.07) is 8.26. The van der Waals surface area contributed by atoms with Crippen molar-refractivity contribution in [3.05, 3.63) is 47.5 Å². The highest BCUT2D eigenvalue weighted by Crippen LogP contribution is 2.40. The molecular weight excluding hydrogens is 608 g/mol. The molecular formula is C31H38N2O9S2. The van der Waals surface area contributed by atoms with E-state index in [1.807, 2.05) is 0 Å². The van der Waals surface area contributed by atoms with Gasteiger partial charge in [0.05, 0.1) is 23.0 Å². The van der Waals surface area contributed by atoms with Crippen molar-refractivity contribution in [2.75, 3.05) is 13.2 Å². The van der Waals surface area contributed by atoms with Crippen LogP contribution in [0, 0.1) is 0 Å². The van der Waals surface area contributed by atoms with Crippen molar-refractivity contribution < 1.29 is 40.7 Å². The maximum atomic E-state index is 13.6. The summed E-state index contributed by atoms with van der Waals surface area (Å²) in [6.07, 6.45) is 5.66. The lowest BCUT2D eigenvalue weighted by Gasteiger charge is -2.35. The smallest absolute Gasteiger partial charge is 0.327 e. The Morgan fingerprint density at radius 3 is 1.34 bits per heavy atom. The molecule has 0 bridgehead atoms. The van der Waals surface area contributed by atoms with Crippen molar-refractivity contribution in [1.82, 2.24) is 9.44 Å². The molecule has 0 atom stereocenters. The minimum absolute atomic E-state index is 0.106. The molecule has 3 aliphatic carbocycles. The van der Waals surface area contributed by atoms with Crippen LogP contribution in [-0.2, 0) is 39.1 Å². The zero-order valence-electron chi connectivity index (χ0n) is 24.9. The van der Waals surface area contributed by atoms with E-state index in [-0.39, 0.29) is 34.1 Å². The molecule has 0 aliphatic heterocycles. The van der Waals surface area contributed by atoms with Gasteiger partial charge in [0.15, 0.2) is 5.78 Å². The van der Waals surface area contributed by atoms with Gasteiger partial charge in [0.25, 0.3) is 0 Å². The minimum atomic E-state index is -4.23. The molecule has 2 fully saturated rings. The van der Waals surface area contributed by atoms with E-state index < -0.39 is 48.8 Å². The number of benzene rings is 2. The van der Waals surface area contributed by atoms with Gasteiger partial charge in [-0.25, -0.2) is 16.8 Å². The van der Waals surface area contributed by atoms with Crippen LogP contribution in [0.5, 0.6) is 0 Å². The van der Waals surface area contributed by atoms with Gasteiger partial charge in [-0.2, -0.15) is 9.44 Å². The van der Waals surface area contributed by atoms with Crippen LogP contribution < -0.4 is 9.44 Å². The molecule has 2 aromatic carbocycles. The van der Waals surface area contributed by atoms with E-state index in [9.17, 15) is 31.2 Å². The first-order chi connectivity index (χ1) is 20.9. The fourth-order valence-electron chi connectivity index (χ4n) is 6.55. The molecule has 2 N–H and O–H groups in total. The van der Waals surface area contributed by atoms with Crippen molar-refractivity contribution in [2.45, 2.75) is 98.9 Å². The number of ketones is 1. The number of carbonyl (C=O) groups excluding carboxylic acids is 3. The van der Waals surface area contributed by atoms with Crippen LogP contribution in [0.4, 0.5) is 0 Å². The van der Waals surface area contributed by atoms with Crippen LogP contribution in [-0.4, -0.2) is 58.8 Å². The van der Waals surface area contributed by atoms with Gasteiger partial charge in [-0.15, -0.1) is 0 Å². The third-order valence-electron chi connectivity index (χ3n) is 8.79. The van der Waals surface area contributed by atoms with E-state index in [2.05, 4.69) is 9.44 Å². The predicted octanol–water partition coefficient (Wildman–Crippen LogP) is 3.99. The second-order valence-corrected chi connectivity index (χ2v) is 15.0. The molecule has 238 valence electrons. The summed E-state index contributed by atoms with van der Waals surface area (Å²) in [6.45, 7) is 3.55. The van der Waals surface area contributed by atoms with Crippen LogP contribution in [0.1, 0.15) is 94.0 Å². The zero-order valence-corrected chi connectivity index (χ0v) is 26.6. The first-order valence-electron chi connectivity index (χ1n) is 15.1. The van der Waals surface area contributed by atoms with Crippen LogP contribution >= 0.6 is 0 Å². The van der Waals surface area contributed by atoms with Gasteiger partial charge in [0.2, 0.25) is 20.0 Å². The molecule has 0 saturated heterocycles. The van der Waals surface area contributed by atoms with Gasteiger partial charge >= 0.3 is 11.9 Å². The Balaban J connectivity index is 1.43. The summed E-state index contributed by atoms with van der Waals surface area (Å²) in [5.41, 5.74) is -1.62. The number of rotatable bonds is 10. The van der Waals surface area contributed by atoms with Crippen molar-refractivity contribution in [1.29, 1.82) is 0 Å². The summed E-state index contributed by atoms with van der Waals surface area (Å²) < 4.78 is 69.8. The maximum Gasteiger partial charge on any atom is 0.327 e. The van der Waals surface area contributed by atoms with Gasteiger partial charge in [-0.3, -0.25) is 14.4 Å². The summed E-state index contributed by atoms with van der Waals surface area (Å²) >= 11 is 0. The van der Waals surface area contributed by atoms with Gasteiger partial charge in [0, 0.05) is 11.1 Å². The normalized spacial score (nSPS) is 19.1. The Bertz CT molecular complexity index is 1560. The number of sulfonamides is 2. The maximum absolute atomic E-state index is 13.6. The quantitative estimate of drug-likeness (QED) is 0.310. The highest BCUT2D eigenvalue weighted by molar-refractivity contribution is 7.89. The average Bonchev–Trinajstić information content (AvgIpc) is 3.28. The molecule has 2 aromatic rings. The SMILES string of the molecule is CCOC(=O)C1(NS(=O)(=O)c2ccc3c(c2)C(=O)c2cc(S(=O)(=O)NC4(C(=O)OCC)CCCCC4)ccc2-3)CCCCC1. The Labute approximate surface area is 258 Å². The van der Waals surface area contributed by atoms with Crippen molar-refractivity contribution >= 4 is 37.8 Å². The standard InChI is InChI=1S/C31H38N2O9S2/c1-3-41-28(35)30(15-7-5-8-16-30)32-43(37,38)21-11-13-23-24-14-12-22(20-26(24)27(34)25(23)19-21)44(39,40)33-31(29(36)42-4-2)17-9-6-10-18-31/h11-14,19-20,32-33H,3-10,15-18H2,1-2H3. The van der Waals surface area contributed by atoms with E-state index in [0.29, 0.717) is 62.5 Å². The number of fused-ring (bicyclic) bond motifs is 3. The van der Waals surface area contributed by atoms with Crippen LogP contribution in [0.25, 0.3) is 11.1 Å². The predicted molar refractivity (Wildman–Crippen MR) is 161 cm³/mol. The molecule has 0 heterocycles. The number of hydrogen-bond acceptors (Lipinski definition) is 9. The van der Waals surface area contributed by atoms with E-state index in [1.54, 1.807) is 13.8 Å². The summed E-state index contributed by atoms with van der Waals surface area (Å²) in [5, 5.41) is 0. The van der Waals surface area contributed by atoms with Crippen LogP contribution in [0.15, 0.2) is 46.2 Å². The molecule has 11 nitrogen and oxygen atoms in total. The Morgan fingerprint density at radius 1 is 0.636 bits per heavy atom. The molecule has 0 unspecified atom stereocenters. The molecule has 44 heavy (non-hydrogen) atoms. The molecule has 0 aromatic heterocycles. The molecule has 0 spiro atoms. The number of esters is 2. The third-order valence-corrected chi connectivity index (χ3v) is 11.9. The Hall–Kier alpha value is -3.13. The molecule has 3 aliphatic rings. The van der Waals surface area contributed by atoms with E-state index >= 15 is 0 Å². The summed E-state index contributed by atoms with van der Waals surface area (Å²) in [5.74, 6) is -1.76. The van der Waals surface area contributed by atoms with Gasteiger partial charge < -0.3 is 9.47 Å². The summed E-state index contributed by atoms with van der Waals surface area (Å²) in [4.78, 5) is 38.9. The Morgan fingerprint density at radius 2 is 1.00 bits per heavy atom. The first kappa shape index (κ1) is 32.3. The molecule has 5 rings (SSSR count). The number of nitrogens with one attached hydrogen (secondary N) is 2. The number of carbonyl (C=O) groups is 3. The second kappa shape index (κ2) is 12.3. The van der Waals surface area contributed by atoms with E-state index in [0.717, 1.165) is 12.8 Å². The topological polar surface area (TPSA) is 162 Å². The Kier molecular flexibility index (Phi) is 9.05. The number of hydrogen-bond donors (Lipinski definition) is 2. The van der Waals surface area contributed by atoms with Gasteiger partial charge in [-0.1, -0.05) is 50.7 Å². The van der Waals surface area contributed by atoms with Crippen molar-refractivity contribution in [2.24, 2.45) is 0 Å². The molecule has 0 amide bonds. The highest BCUT2D eigenvalue weighted by Gasteiger charge is 2.46. The lowest BCUT2D eigenvalue weighted by Crippen LogP contribution is -2.56. The van der Waals surface area contributed by atoms with E-state index in [1.165, 1.54) is 36.4 Å². The monoisotopic (exact) mass is 646 g/mol. The minimum Gasteiger partial charge on any atom is -0.465 e. The van der Waals surface area contributed by atoms with Crippen LogP contribution in [0.3, 0.4) is 0 Å². The molecule has 13 heteroatoms. The van der Waals surface area contributed by atoms with Gasteiger partial charge in [-0.05, 0) is 74.9 Å². The van der Waals surface area contributed by atoms with E-state index in [4.69, 9.17) is 9.47 Å². The molecule has 0 radical (unpaired) electrons. The van der Waals surface area contributed by atoms with Crippen LogP contribution in [0.2, 0.25) is 0 Å². The van der Waals surface area contributed by atoms with Crippen molar-refractivity contribution in [3.8, 4) is 11.1 Å². The lowest BCUT2D eigenvalue weighted by atomic mass is 9.82. The van der Waals surface area contributed by atoms with Gasteiger partial charge in [0.1, 0.15) is 11.1 Å². The average molecular weight is 647 g/mol. The molecule has 2 saturated carbocycles. The van der Waals surface area contributed by atoms with Crippen molar-refractivity contribution in [3.63, 3.8) is 0 Å². The second-order valence-electron chi connectivity index (χ2n) is 11.7. The summed E-state index contributed by atoms with van der Waals surface area (Å²) in [7, 11) is -8.47. The fourth-order valence-corrected chi connectivity index (χ4v) is 9.43. The lowest BCUT2D eigenvalue weighted by molar-refractivity contribution is -0.152. The first-order valence-corrected chi connectivity index (χ1v) is 18.1. The third kappa shape index (κ3) is 5.94.